The maximum absolute atomic E-state index is 4.87. The first kappa shape index (κ1) is 18.1. The van der Waals surface area contributed by atoms with Crippen LogP contribution in [0.15, 0.2) is 67.1 Å². The Morgan fingerprint density at radius 1 is 1.13 bits per heavy atom. The number of aromatic amines is 2. The second-order valence-corrected chi connectivity index (χ2v) is 7.59. The smallest absolute Gasteiger partial charge is 0.161 e. The average Bonchev–Trinajstić information content (AvgIpc) is 3.52. The third-order valence-electron chi connectivity index (χ3n) is 4.70. The van der Waals surface area contributed by atoms with E-state index < -0.39 is 0 Å². The molecular weight excluding hydrogens is 394 g/mol. The monoisotopic (exact) mass is 411 g/mol. The van der Waals surface area contributed by atoms with Crippen molar-refractivity contribution in [2.45, 2.75) is 6.92 Å². The number of H-pyrrole nitrogens is 2. The number of aryl methyl sites for hydroxylation is 1. The molecule has 0 amide bonds. The van der Waals surface area contributed by atoms with Crippen molar-refractivity contribution in [1.82, 2.24) is 35.1 Å². The molecule has 0 atom stereocenters. The summed E-state index contributed by atoms with van der Waals surface area (Å²) in [6.07, 6.45) is 8.74. The van der Waals surface area contributed by atoms with Gasteiger partial charge in [0.2, 0.25) is 0 Å². The zero-order valence-electron chi connectivity index (χ0n) is 16.1. The Hall–Kier alpha value is -3.91. The molecule has 0 aliphatic carbocycles. The van der Waals surface area contributed by atoms with Crippen LogP contribution in [0.2, 0.25) is 0 Å². The van der Waals surface area contributed by atoms with Gasteiger partial charge in [0, 0.05) is 34.1 Å². The summed E-state index contributed by atoms with van der Waals surface area (Å²) in [5.41, 5.74) is 6.71. The van der Waals surface area contributed by atoms with E-state index in [0.29, 0.717) is 11.5 Å². The highest BCUT2D eigenvalue weighted by molar-refractivity contribution is 7.11. The Morgan fingerprint density at radius 2 is 2.00 bits per heavy atom. The van der Waals surface area contributed by atoms with E-state index >= 15 is 0 Å². The van der Waals surface area contributed by atoms with E-state index in [2.05, 4.69) is 43.2 Å². The summed E-state index contributed by atoms with van der Waals surface area (Å²) in [5.74, 6) is 0.661. The number of aromatic nitrogens is 7. The molecule has 0 aliphatic rings. The number of thiophene rings is 1. The maximum atomic E-state index is 4.87. The molecule has 0 spiro atoms. The van der Waals surface area contributed by atoms with Crippen LogP contribution in [0, 0.1) is 6.92 Å². The zero-order valence-corrected chi connectivity index (χ0v) is 16.9. The third-order valence-corrected chi connectivity index (χ3v) is 5.60. The highest BCUT2D eigenvalue weighted by Crippen LogP contribution is 2.32. The lowest BCUT2D eigenvalue weighted by Crippen LogP contribution is -1.89. The molecule has 5 aromatic rings. The Morgan fingerprint density at radius 3 is 2.77 bits per heavy atom. The van der Waals surface area contributed by atoms with E-state index in [1.165, 1.54) is 6.33 Å². The molecule has 5 aromatic heterocycles. The second-order valence-electron chi connectivity index (χ2n) is 6.64. The summed E-state index contributed by atoms with van der Waals surface area (Å²) < 4.78 is 0. The minimum absolute atomic E-state index is 0.661. The first-order valence-corrected chi connectivity index (χ1v) is 10.2. The minimum atomic E-state index is 0.661. The molecule has 0 aromatic carbocycles. The predicted octanol–water partition coefficient (Wildman–Crippen LogP) is 4.79. The minimum Gasteiger partial charge on any atom is -0.340 e. The Balaban J connectivity index is 1.62. The lowest BCUT2D eigenvalue weighted by atomic mass is 10.1. The van der Waals surface area contributed by atoms with Crippen LogP contribution in [-0.4, -0.2) is 35.1 Å². The molecule has 0 saturated carbocycles. The van der Waals surface area contributed by atoms with Crippen LogP contribution in [0.5, 0.6) is 0 Å². The van der Waals surface area contributed by atoms with Crippen molar-refractivity contribution in [3.63, 3.8) is 0 Å². The van der Waals surface area contributed by atoms with Gasteiger partial charge in [-0.05, 0) is 30.5 Å². The highest BCUT2D eigenvalue weighted by atomic mass is 32.1. The summed E-state index contributed by atoms with van der Waals surface area (Å²) >= 11 is 1.67. The molecule has 0 fully saturated rings. The summed E-state index contributed by atoms with van der Waals surface area (Å²) in [6, 6.07) is 7.98. The largest absolute Gasteiger partial charge is 0.340 e. The first-order valence-electron chi connectivity index (χ1n) is 9.29. The number of hydrogen-bond acceptors (Lipinski definition) is 6. The average molecular weight is 411 g/mol. The van der Waals surface area contributed by atoms with Crippen molar-refractivity contribution in [3.8, 4) is 22.8 Å². The number of imidazole rings is 1. The Labute approximate surface area is 176 Å². The fraction of sp³-hybridized carbons (Fsp3) is 0.0455. The van der Waals surface area contributed by atoms with E-state index in [-0.39, 0.29) is 0 Å². The molecule has 5 rings (SSSR count). The second kappa shape index (κ2) is 7.49. The third kappa shape index (κ3) is 3.13. The van der Waals surface area contributed by atoms with Crippen molar-refractivity contribution in [1.29, 1.82) is 0 Å². The normalized spacial score (nSPS) is 11.8. The first-order chi connectivity index (χ1) is 14.7. The number of nitrogens with zero attached hydrogens (tertiary/aromatic N) is 5. The van der Waals surface area contributed by atoms with Crippen LogP contribution in [-0.2, 0) is 0 Å². The fourth-order valence-corrected chi connectivity index (χ4v) is 4.07. The lowest BCUT2D eigenvalue weighted by molar-refractivity contribution is 1.10. The predicted molar refractivity (Wildman–Crippen MR) is 119 cm³/mol. The summed E-state index contributed by atoms with van der Waals surface area (Å²) in [5, 5.41) is 9.57. The van der Waals surface area contributed by atoms with Crippen molar-refractivity contribution in [2.24, 2.45) is 0 Å². The van der Waals surface area contributed by atoms with E-state index in [4.69, 9.17) is 9.97 Å². The Kier molecular flexibility index (Phi) is 4.53. The van der Waals surface area contributed by atoms with Crippen molar-refractivity contribution < 1.29 is 0 Å². The standard InChI is InChI=1S/C22H17N7S/c1-3-5-15(18-6-4-9-30-18)19-13(2)25-22(27-19)21-20-17(28-29-21)8-7-16(26-20)14-10-23-12-24-11-14/h3-12H,1H2,2H3,(H,25,27)(H,28,29)/b15-5-. The van der Waals surface area contributed by atoms with Crippen LogP contribution in [0.3, 0.4) is 0 Å². The van der Waals surface area contributed by atoms with Crippen LogP contribution < -0.4 is 0 Å². The highest BCUT2D eigenvalue weighted by Gasteiger charge is 2.19. The van der Waals surface area contributed by atoms with E-state index in [1.54, 1.807) is 29.8 Å². The number of pyridine rings is 1. The summed E-state index contributed by atoms with van der Waals surface area (Å²) in [7, 11) is 0. The molecule has 5 heterocycles. The van der Waals surface area contributed by atoms with Gasteiger partial charge < -0.3 is 4.98 Å². The lowest BCUT2D eigenvalue weighted by Gasteiger charge is -2.02. The fourth-order valence-electron chi connectivity index (χ4n) is 3.32. The molecule has 30 heavy (non-hydrogen) atoms. The van der Waals surface area contributed by atoms with Gasteiger partial charge in [0.25, 0.3) is 0 Å². The molecule has 146 valence electrons. The number of nitrogens with one attached hydrogen (secondary N) is 2. The number of hydrogen-bond donors (Lipinski definition) is 2. The van der Waals surface area contributed by atoms with Crippen molar-refractivity contribution in [2.75, 3.05) is 0 Å². The van der Waals surface area contributed by atoms with Crippen LogP contribution in [0.4, 0.5) is 0 Å². The molecule has 0 radical (unpaired) electrons. The number of fused-ring (bicyclic) bond motifs is 1. The van der Waals surface area contributed by atoms with Gasteiger partial charge in [0.15, 0.2) is 11.5 Å². The molecule has 0 aliphatic heterocycles. The molecule has 0 saturated heterocycles. The van der Waals surface area contributed by atoms with Gasteiger partial charge in [-0.15, -0.1) is 11.3 Å². The molecule has 7 nitrogen and oxygen atoms in total. The van der Waals surface area contributed by atoms with Gasteiger partial charge in [0.1, 0.15) is 11.8 Å². The SMILES string of the molecule is C=C/C=C(/c1cccs1)c1nc(-c2n[nH]c3ccc(-c4cncnc4)nc23)[nH]c1C. The van der Waals surface area contributed by atoms with Crippen molar-refractivity contribution >= 4 is 27.9 Å². The van der Waals surface area contributed by atoms with Crippen molar-refractivity contribution in [3.05, 3.63) is 83.4 Å². The Bertz CT molecular complexity index is 1360. The van der Waals surface area contributed by atoms with Crippen LogP contribution >= 0.6 is 11.3 Å². The number of rotatable bonds is 5. The van der Waals surface area contributed by atoms with E-state index in [9.17, 15) is 0 Å². The maximum Gasteiger partial charge on any atom is 0.161 e. The van der Waals surface area contributed by atoms with Gasteiger partial charge in [-0.25, -0.2) is 19.9 Å². The molecule has 2 N–H and O–H groups in total. The van der Waals surface area contributed by atoms with Gasteiger partial charge in [-0.3, -0.25) is 5.10 Å². The van der Waals surface area contributed by atoms with Crippen LogP contribution in [0.25, 0.3) is 39.4 Å². The van der Waals surface area contributed by atoms with E-state index in [1.807, 2.05) is 31.2 Å². The molecule has 8 heteroatoms. The topological polar surface area (TPSA) is 96.0 Å². The van der Waals surface area contributed by atoms with E-state index in [0.717, 1.165) is 44.1 Å². The van der Waals surface area contributed by atoms with Gasteiger partial charge in [-0.2, -0.15) is 5.10 Å². The summed E-state index contributed by atoms with van der Waals surface area (Å²) in [6.45, 7) is 5.86. The summed E-state index contributed by atoms with van der Waals surface area (Å²) in [4.78, 5) is 22.3. The van der Waals surface area contributed by atoms with Crippen LogP contribution in [0.1, 0.15) is 16.3 Å². The van der Waals surface area contributed by atoms with Gasteiger partial charge in [-0.1, -0.05) is 24.8 Å². The van der Waals surface area contributed by atoms with Gasteiger partial charge >= 0.3 is 0 Å². The van der Waals surface area contributed by atoms with Gasteiger partial charge in [0.05, 0.1) is 16.9 Å². The molecular formula is C22H17N7S. The molecule has 0 bridgehead atoms. The molecule has 0 unspecified atom stereocenters. The number of allylic oxidation sites excluding steroid dienone is 2. The zero-order chi connectivity index (χ0) is 20.5. The quantitative estimate of drug-likeness (QED) is 0.405.